The second-order valence-electron chi connectivity index (χ2n) is 3.91. The first kappa shape index (κ1) is 13.1. The Kier molecular flexibility index (Phi) is 4.18. The zero-order chi connectivity index (χ0) is 13.7. The Hall–Kier alpha value is -2.29. The fourth-order valence-electron chi connectivity index (χ4n) is 1.57. The van der Waals surface area contributed by atoms with Gasteiger partial charge in [-0.1, -0.05) is 30.4 Å². The minimum absolute atomic E-state index is 0.194. The van der Waals surface area contributed by atoms with Crippen LogP contribution in [0.3, 0.4) is 0 Å². The lowest BCUT2D eigenvalue weighted by atomic mass is 10.1. The molecule has 0 unspecified atom stereocenters. The molecular formula is C15H11FN2S. The summed E-state index contributed by atoms with van der Waals surface area (Å²) in [6, 6.07) is 12.2. The zero-order valence-electron chi connectivity index (χ0n) is 10.0. The second-order valence-corrected chi connectivity index (χ2v) is 4.10. The highest BCUT2D eigenvalue weighted by Gasteiger charge is 2.00. The smallest absolute Gasteiger partial charge is 0.150 e. The molecule has 0 radical (unpaired) electrons. The second kappa shape index (κ2) is 6.05. The Labute approximate surface area is 116 Å². The van der Waals surface area contributed by atoms with Crippen molar-refractivity contribution in [3.8, 4) is 0 Å². The van der Waals surface area contributed by atoms with Crippen molar-refractivity contribution in [2.24, 2.45) is 4.99 Å². The van der Waals surface area contributed by atoms with E-state index in [0.29, 0.717) is 5.69 Å². The van der Waals surface area contributed by atoms with Crippen LogP contribution in [0.5, 0.6) is 0 Å². The predicted octanol–water partition coefficient (Wildman–Crippen LogP) is 4.31. The SMILES string of the molecule is Nc1ccc(C=Cc2ccc(N=C=S)c(F)c2)cc1. The lowest BCUT2D eigenvalue weighted by Crippen LogP contribution is -1.82. The topological polar surface area (TPSA) is 38.4 Å². The third-order valence-corrected chi connectivity index (χ3v) is 2.63. The van der Waals surface area contributed by atoms with Gasteiger partial charge in [-0.2, -0.15) is 4.99 Å². The summed E-state index contributed by atoms with van der Waals surface area (Å²) < 4.78 is 13.6. The minimum atomic E-state index is -0.420. The molecule has 0 saturated carbocycles. The van der Waals surface area contributed by atoms with Gasteiger partial charge in [-0.05, 0) is 47.6 Å². The van der Waals surface area contributed by atoms with E-state index in [1.54, 1.807) is 12.1 Å². The van der Waals surface area contributed by atoms with Crippen LogP contribution in [0.2, 0.25) is 0 Å². The molecule has 0 aliphatic carbocycles. The van der Waals surface area contributed by atoms with E-state index in [1.165, 1.54) is 6.07 Å². The van der Waals surface area contributed by atoms with Crippen molar-refractivity contribution in [3.05, 3.63) is 59.4 Å². The number of benzene rings is 2. The molecule has 2 aromatic carbocycles. The monoisotopic (exact) mass is 270 g/mol. The van der Waals surface area contributed by atoms with Gasteiger partial charge in [0, 0.05) is 5.69 Å². The summed E-state index contributed by atoms with van der Waals surface area (Å²) in [5.41, 5.74) is 8.25. The van der Waals surface area contributed by atoms with E-state index in [1.807, 2.05) is 36.4 Å². The van der Waals surface area contributed by atoms with Crippen molar-refractivity contribution in [1.29, 1.82) is 0 Å². The number of nitrogens with zero attached hydrogens (tertiary/aromatic N) is 1. The quantitative estimate of drug-likeness (QED) is 0.390. The Bertz CT molecular complexity index is 656. The molecule has 0 heterocycles. The van der Waals surface area contributed by atoms with Crippen LogP contribution >= 0.6 is 12.2 Å². The molecule has 0 aliphatic rings. The average Bonchev–Trinajstić information content (AvgIpc) is 2.41. The summed E-state index contributed by atoms with van der Waals surface area (Å²) in [5.74, 6) is -0.420. The number of nitrogen functional groups attached to an aromatic ring is 1. The number of hydrogen-bond acceptors (Lipinski definition) is 3. The van der Waals surface area contributed by atoms with Gasteiger partial charge in [-0.3, -0.25) is 0 Å². The van der Waals surface area contributed by atoms with Gasteiger partial charge in [-0.15, -0.1) is 0 Å². The third kappa shape index (κ3) is 3.58. The van der Waals surface area contributed by atoms with Crippen LogP contribution in [0.15, 0.2) is 47.5 Å². The van der Waals surface area contributed by atoms with Crippen molar-refractivity contribution < 1.29 is 4.39 Å². The summed E-state index contributed by atoms with van der Waals surface area (Å²) in [4.78, 5) is 3.63. The molecule has 0 fully saturated rings. The number of rotatable bonds is 3. The summed E-state index contributed by atoms with van der Waals surface area (Å²) >= 11 is 4.44. The van der Waals surface area contributed by atoms with Crippen LogP contribution in [0.4, 0.5) is 15.8 Å². The molecule has 94 valence electrons. The van der Waals surface area contributed by atoms with Crippen molar-refractivity contribution in [3.63, 3.8) is 0 Å². The molecule has 0 aliphatic heterocycles. The molecule has 2 aromatic rings. The normalized spacial score (nSPS) is 10.4. The summed E-state index contributed by atoms with van der Waals surface area (Å²) in [7, 11) is 0. The van der Waals surface area contributed by atoms with Gasteiger partial charge in [0.2, 0.25) is 0 Å². The highest BCUT2D eigenvalue weighted by molar-refractivity contribution is 7.78. The zero-order valence-corrected chi connectivity index (χ0v) is 10.8. The number of isothiocyanates is 1. The van der Waals surface area contributed by atoms with Gasteiger partial charge in [0.15, 0.2) is 0 Å². The molecular weight excluding hydrogens is 259 g/mol. The molecule has 0 amide bonds. The maximum Gasteiger partial charge on any atom is 0.150 e. The maximum absolute atomic E-state index is 13.6. The standard InChI is InChI=1S/C15H11FN2S/c16-14-9-12(5-8-15(14)18-10-19)2-1-11-3-6-13(17)7-4-11/h1-9H,17H2. The van der Waals surface area contributed by atoms with Gasteiger partial charge in [-0.25, -0.2) is 4.39 Å². The Morgan fingerprint density at radius 3 is 2.32 bits per heavy atom. The largest absolute Gasteiger partial charge is 0.399 e. The van der Waals surface area contributed by atoms with Gasteiger partial charge in [0.05, 0.1) is 5.16 Å². The number of hydrogen-bond donors (Lipinski definition) is 1. The fraction of sp³-hybridized carbons (Fsp3) is 0. The van der Waals surface area contributed by atoms with Crippen molar-refractivity contribution >= 4 is 40.9 Å². The number of thiocarbonyl (C=S) groups is 1. The number of anilines is 1. The highest BCUT2D eigenvalue weighted by atomic mass is 32.1. The predicted molar refractivity (Wildman–Crippen MR) is 80.9 cm³/mol. The first-order chi connectivity index (χ1) is 9.19. The summed E-state index contributed by atoms with van der Waals surface area (Å²) in [6.07, 6.45) is 3.70. The lowest BCUT2D eigenvalue weighted by Gasteiger charge is -1.98. The van der Waals surface area contributed by atoms with Gasteiger partial charge >= 0.3 is 0 Å². The molecule has 0 atom stereocenters. The highest BCUT2D eigenvalue weighted by Crippen LogP contribution is 2.19. The molecule has 2 N–H and O–H groups in total. The molecule has 2 rings (SSSR count). The van der Waals surface area contributed by atoms with E-state index in [4.69, 9.17) is 5.73 Å². The Balaban J connectivity index is 2.21. The summed E-state index contributed by atoms with van der Waals surface area (Å²) in [6.45, 7) is 0. The minimum Gasteiger partial charge on any atom is -0.399 e. The molecule has 2 nitrogen and oxygen atoms in total. The van der Waals surface area contributed by atoms with Crippen LogP contribution in [0, 0.1) is 5.82 Å². The molecule has 4 heteroatoms. The molecule has 0 saturated heterocycles. The fourth-order valence-corrected chi connectivity index (χ4v) is 1.66. The summed E-state index contributed by atoms with van der Waals surface area (Å²) in [5, 5.41) is 2.15. The van der Waals surface area contributed by atoms with E-state index in [0.717, 1.165) is 11.1 Å². The van der Waals surface area contributed by atoms with Gasteiger partial charge < -0.3 is 5.73 Å². The first-order valence-corrected chi connectivity index (χ1v) is 6.01. The maximum atomic E-state index is 13.6. The van der Waals surface area contributed by atoms with E-state index >= 15 is 0 Å². The lowest BCUT2D eigenvalue weighted by molar-refractivity contribution is 0.630. The molecule has 19 heavy (non-hydrogen) atoms. The van der Waals surface area contributed by atoms with E-state index in [9.17, 15) is 4.39 Å². The van der Waals surface area contributed by atoms with Crippen LogP contribution in [-0.4, -0.2) is 5.16 Å². The van der Waals surface area contributed by atoms with Crippen LogP contribution in [0.1, 0.15) is 11.1 Å². The van der Waals surface area contributed by atoms with Crippen LogP contribution < -0.4 is 5.73 Å². The molecule has 0 aromatic heterocycles. The number of nitrogens with two attached hydrogens (primary N) is 1. The van der Waals surface area contributed by atoms with Crippen LogP contribution in [-0.2, 0) is 0 Å². The van der Waals surface area contributed by atoms with Crippen molar-refractivity contribution in [2.75, 3.05) is 5.73 Å². The van der Waals surface area contributed by atoms with E-state index in [-0.39, 0.29) is 5.69 Å². The van der Waals surface area contributed by atoms with E-state index in [2.05, 4.69) is 22.4 Å². The average molecular weight is 270 g/mol. The van der Waals surface area contributed by atoms with Gasteiger partial charge in [0.1, 0.15) is 11.5 Å². The Morgan fingerprint density at radius 2 is 1.68 bits per heavy atom. The molecule has 0 bridgehead atoms. The van der Waals surface area contributed by atoms with Crippen molar-refractivity contribution in [1.82, 2.24) is 0 Å². The van der Waals surface area contributed by atoms with Crippen LogP contribution in [0.25, 0.3) is 12.2 Å². The Morgan fingerprint density at radius 1 is 1.05 bits per heavy atom. The third-order valence-electron chi connectivity index (χ3n) is 2.54. The van der Waals surface area contributed by atoms with Gasteiger partial charge in [0.25, 0.3) is 0 Å². The first-order valence-electron chi connectivity index (χ1n) is 5.60. The van der Waals surface area contributed by atoms with Crippen molar-refractivity contribution in [2.45, 2.75) is 0 Å². The van der Waals surface area contributed by atoms with E-state index < -0.39 is 5.82 Å². The number of halogens is 1. The molecule has 0 spiro atoms. The number of aliphatic imine (C=N–C) groups is 1.